The van der Waals surface area contributed by atoms with Crippen molar-refractivity contribution in [3.05, 3.63) is 174 Å². The van der Waals surface area contributed by atoms with E-state index in [1.807, 2.05) is 24.4 Å². The summed E-state index contributed by atoms with van der Waals surface area (Å²) in [6.45, 7) is 17.7. The fourth-order valence-corrected chi connectivity index (χ4v) is 7.14. The zero-order valence-corrected chi connectivity index (χ0v) is 33.5. The Bertz CT molecular complexity index is 2470. The Morgan fingerprint density at radius 3 is 2.11 bits per heavy atom. The quantitative estimate of drug-likeness (QED) is 0.149. The van der Waals surface area contributed by atoms with E-state index in [-0.39, 0.29) is 31.9 Å². The van der Waals surface area contributed by atoms with E-state index in [1.165, 1.54) is 16.7 Å². The zero-order chi connectivity index (χ0) is 36.2. The summed E-state index contributed by atoms with van der Waals surface area (Å²) < 4.78 is 8.69. The van der Waals surface area contributed by atoms with Gasteiger partial charge in [-0.15, -0.1) is 48.1 Å². The van der Waals surface area contributed by atoms with E-state index in [1.54, 1.807) is 0 Å². The van der Waals surface area contributed by atoms with Crippen molar-refractivity contribution < 1.29 is 25.8 Å². The van der Waals surface area contributed by atoms with Crippen molar-refractivity contribution in [3.8, 4) is 17.3 Å². The third-order valence-electron chi connectivity index (χ3n) is 10.4. The molecule has 3 heterocycles. The van der Waals surface area contributed by atoms with Crippen LogP contribution in [0.5, 0.6) is 11.5 Å². The first-order valence-corrected chi connectivity index (χ1v) is 17.9. The van der Waals surface area contributed by atoms with Crippen molar-refractivity contribution in [2.75, 3.05) is 9.80 Å². The maximum absolute atomic E-state index is 6.51. The molecule has 0 saturated heterocycles. The van der Waals surface area contributed by atoms with Gasteiger partial charge in [0.1, 0.15) is 5.82 Å². The van der Waals surface area contributed by atoms with E-state index in [4.69, 9.17) is 9.72 Å². The van der Waals surface area contributed by atoms with E-state index in [2.05, 4.69) is 185 Å². The molecule has 0 aliphatic carbocycles. The first kappa shape index (κ1) is 36.2. The van der Waals surface area contributed by atoms with E-state index in [0.29, 0.717) is 11.5 Å². The fourth-order valence-electron chi connectivity index (χ4n) is 7.14. The standard InChI is InChI=1S/C47H43N4O.Pt/c1-32-33(2)50(31-49(32)37-18-13-17-36(27-37)47(6,7)34-15-9-8-10-16-34)38-19-14-20-39(29-38)52-40-23-24-42-41-21-11-12-22-43(41)51(44(42)30-40)45-28-35(25-26-48-45)46(3,4)5;/h8-28,31H,1-7H3;/q-3;. The van der Waals surface area contributed by atoms with E-state index < -0.39 is 0 Å². The summed E-state index contributed by atoms with van der Waals surface area (Å²) in [5.74, 6) is 2.10. The van der Waals surface area contributed by atoms with Crippen molar-refractivity contribution in [1.82, 2.24) is 9.55 Å². The minimum Gasteiger partial charge on any atom is -0.509 e. The van der Waals surface area contributed by atoms with Gasteiger partial charge < -0.3 is 19.1 Å². The summed E-state index contributed by atoms with van der Waals surface area (Å²) in [5, 5.41) is 2.25. The average Bonchev–Trinajstić information content (AvgIpc) is 3.64. The van der Waals surface area contributed by atoms with Gasteiger partial charge in [0.15, 0.2) is 0 Å². The fraction of sp³-hybridized carbons (Fsp3) is 0.191. The van der Waals surface area contributed by atoms with E-state index in [0.717, 1.165) is 50.4 Å². The van der Waals surface area contributed by atoms with Gasteiger partial charge >= 0.3 is 0 Å². The van der Waals surface area contributed by atoms with Gasteiger partial charge in [-0.3, -0.25) is 0 Å². The third kappa shape index (κ3) is 6.68. The molecule has 2 aromatic heterocycles. The zero-order valence-electron chi connectivity index (χ0n) is 31.2. The maximum atomic E-state index is 6.51. The Balaban J connectivity index is 0.00000435. The molecule has 0 radical (unpaired) electrons. The molecular weight excluding hydrogens is 832 g/mol. The van der Waals surface area contributed by atoms with Gasteiger partial charge in [-0.2, -0.15) is 12.1 Å². The van der Waals surface area contributed by atoms with Crippen LogP contribution >= 0.6 is 0 Å². The molecule has 0 amide bonds. The van der Waals surface area contributed by atoms with Crippen LogP contribution in [0.25, 0.3) is 27.6 Å². The Labute approximate surface area is 327 Å². The largest absolute Gasteiger partial charge is 0.509 e. The first-order valence-electron chi connectivity index (χ1n) is 17.9. The topological polar surface area (TPSA) is 33.5 Å². The molecule has 5 nitrogen and oxygen atoms in total. The number of hydrogen-bond acceptors (Lipinski definition) is 4. The smallest absolute Gasteiger partial charge is 0.135 e. The SMILES string of the molecule is CC1=C(C)N(c2cccc(C(C)(C)c3ccccc3)c2)[CH-]N1c1[c-]c(Oc2[c-]c3c(cc2)c2ccccc2n3-c2cc(C(C)(C)C)ccn2)ccc1.[Pt]. The van der Waals surface area contributed by atoms with Crippen LogP contribution in [0, 0.1) is 18.8 Å². The van der Waals surface area contributed by atoms with Gasteiger partial charge in [-0.25, -0.2) is 4.98 Å². The number of fused-ring (bicyclic) bond motifs is 3. The summed E-state index contributed by atoms with van der Waals surface area (Å²) in [5.41, 5.74) is 9.95. The number of benzene rings is 5. The Morgan fingerprint density at radius 2 is 1.32 bits per heavy atom. The Kier molecular flexibility index (Phi) is 9.59. The van der Waals surface area contributed by atoms with Crippen LogP contribution < -0.4 is 14.5 Å². The molecule has 0 N–H and O–H groups in total. The van der Waals surface area contributed by atoms with Gasteiger partial charge in [0.05, 0.1) is 0 Å². The predicted molar refractivity (Wildman–Crippen MR) is 214 cm³/mol. The molecule has 5 aromatic carbocycles. The summed E-state index contributed by atoms with van der Waals surface area (Å²) in [4.78, 5) is 9.25. The van der Waals surface area contributed by atoms with Crippen LogP contribution in [-0.4, -0.2) is 9.55 Å². The maximum Gasteiger partial charge on any atom is 0.135 e. The van der Waals surface area contributed by atoms with Crippen molar-refractivity contribution in [2.24, 2.45) is 0 Å². The normalized spacial score (nSPS) is 13.6. The van der Waals surface area contributed by atoms with Crippen molar-refractivity contribution in [3.63, 3.8) is 0 Å². The number of nitrogens with zero attached hydrogens (tertiary/aromatic N) is 4. The number of ether oxygens (including phenoxy) is 1. The molecule has 7 aromatic rings. The third-order valence-corrected chi connectivity index (χ3v) is 10.4. The van der Waals surface area contributed by atoms with Crippen molar-refractivity contribution >= 4 is 33.2 Å². The molecule has 0 spiro atoms. The molecule has 6 heteroatoms. The van der Waals surface area contributed by atoms with Crippen LogP contribution in [0.4, 0.5) is 11.4 Å². The summed E-state index contributed by atoms with van der Waals surface area (Å²) in [6, 6.07) is 49.5. The van der Waals surface area contributed by atoms with E-state index in [9.17, 15) is 0 Å². The van der Waals surface area contributed by atoms with Gasteiger partial charge in [0.25, 0.3) is 0 Å². The number of allylic oxidation sites excluding steroid dienone is 2. The summed E-state index contributed by atoms with van der Waals surface area (Å²) >= 11 is 0. The number of pyridine rings is 1. The minimum absolute atomic E-state index is 0. The molecule has 270 valence electrons. The number of anilines is 2. The van der Waals surface area contributed by atoms with Crippen LogP contribution in [0.15, 0.2) is 139 Å². The van der Waals surface area contributed by atoms with Gasteiger partial charge in [0.2, 0.25) is 0 Å². The van der Waals surface area contributed by atoms with Gasteiger partial charge in [0, 0.05) is 66.8 Å². The second-order valence-corrected chi connectivity index (χ2v) is 15.2. The van der Waals surface area contributed by atoms with E-state index >= 15 is 0 Å². The molecule has 0 fully saturated rings. The second-order valence-electron chi connectivity index (χ2n) is 15.2. The van der Waals surface area contributed by atoms with Crippen molar-refractivity contribution in [2.45, 2.75) is 59.3 Å². The predicted octanol–water partition coefficient (Wildman–Crippen LogP) is 11.9. The molecule has 0 unspecified atom stereocenters. The Hall–Kier alpha value is -5.12. The van der Waals surface area contributed by atoms with Crippen LogP contribution in [0.3, 0.4) is 0 Å². The van der Waals surface area contributed by atoms with Gasteiger partial charge in [-0.05, 0) is 71.7 Å². The number of hydrogen-bond donors (Lipinski definition) is 0. The molecule has 53 heavy (non-hydrogen) atoms. The average molecular weight is 875 g/mol. The summed E-state index contributed by atoms with van der Waals surface area (Å²) in [6.07, 6.45) is 1.90. The van der Waals surface area contributed by atoms with Crippen molar-refractivity contribution in [1.29, 1.82) is 0 Å². The molecule has 0 bridgehead atoms. The number of para-hydroxylation sites is 1. The number of rotatable bonds is 7. The molecular formula is C47H43N4OPt-3. The molecule has 8 rings (SSSR count). The molecule has 0 atom stereocenters. The van der Waals surface area contributed by atoms with Gasteiger partial charge in [-0.1, -0.05) is 101 Å². The molecule has 1 aliphatic rings. The summed E-state index contributed by atoms with van der Waals surface area (Å²) in [7, 11) is 0. The van der Waals surface area contributed by atoms with Crippen LogP contribution in [-0.2, 0) is 31.9 Å². The minimum atomic E-state index is -0.135. The second kappa shape index (κ2) is 14.0. The Morgan fingerprint density at radius 1 is 0.623 bits per heavy atom. The monoisotopic (exact) mass is 874 g/mol. The number of aromatic nitrogens is 2. The first-order chi connectivity index (χ1) is 25.0. The van der Waals surface area contributed by atoms with Crippen LogP contribution in [0.2, 0.25) is 0 Å². The molecule has 1 aliphatic heterocycles. The molecule has 0 saturated carbocycles. The van der Waals surface area contributed by atoms with Crippen LogP contribution in [0.1, 0.15) is 65.2 Å².